The van der Waals surface area contributed by atoms with Crippen LogP contribution < -0.4 is 5.32 Å². The molecule has 0 atom stereocenters. The number of anilines is 1. The van der Waals surface area contributed by atoms with Crippen LogP contribution in [0.5, 0.6) is 0 Å². The number of carbonyl (C=O) groups is 1. The van der Waals surface area contributed by atoms with Gasteiger partial charge in [-0.1, -0.05) is 26.8 Å². The van der Waals surface area contributed by atoms with Crippen molar-refractivity contribution in [2.75, 3.05) is 5.32 Å². The summed E-state index contributed by atoms with van der Waals surface area (Å²) in [6, 6.07) is 8.63. The molecule has 3 rings (SSSR count). The number of halogens is 1. The van der Waals surface area contributed by atoms with Gasteiger partial charge in [-0.3, -0.25) is 14.7 Å². The van der Waals surface area contributed by atoms with E-state index in [9.17, 15) is 9.18 Å². The largest absolute Gasteiger partial charge is 0.296 e. The Morgan fingerprint density at radius 3 is 2.54 bits per heavy atom. The summed E-state index contributed by atoms with van der Waals surface area (Å²) in [7, 11) is 0. The molecule has 0 saturated carbocycles. The standard InChI is InChI=1S/C20H23FN4O/c1-12-6-8-14(10-15(12)21)25-18-16(9-7-13(2)22-18)23-19(25)24-17(26)11-20(3,4)5/h6-10H,11H2,1-5H3,(H,23,24,26). The Balaban J connectivity index is 2.13. The van der Waals surface area contributed by atoms with Crippen molar-refractivity contribution in [3.8, 4) is 5.69 Å². The van der Waals surface area contributed by atoms with E-state index in [4.69, 9.17) is 0 Å². The highest BCUT2D eigenvalue weighted by Gasteiger charge is 2.20. The fraction of sp³-hybridized carbons (Fsp3) is 0.350. The minimum Gasteiger partial charge on any atom is -0.296 e. The summed E-state index contributed by atoms with van der Waals surface area (Å²) in [5.74, 6) is -0.113. The van der Waals surface area contributed by atoms with Gasteiger partial charge in [-0.2, -0.15) is 0 Å². The highest BCUT2D eigenvalue weighted by atomic mass is 19.1. The predicted octanol–water partition coefficient (Wildman–Crippen LogP) is 4.55. The van der Waals surface area contributed by atoms with Gasteiger partial charge in [-0.05, 0) is 49.1 Å². The Kier molecular flexibility index (Phi) is 4.52. The third kappa shape index (κ3) is 3.74. The normalized spacial score (nSPS) is 11.8. The quantitative estimate of drug-likeness (QED) is 0.750. The molecule has 26 heavy (non-hydrogen) atoms. The summed E-state index contributed by atoms with van der Waals surface area (Å²) in [4.78, 5) is 21.4. The first-order valence-electron chi connectivity index (χ1n) is 8.56. The molecule has 136 valence electrons. The van der Waals surface area contributed by atoms with Crippen molar-refractivity contribution < 1.29 is 9.18 Å². The molecular weight excluding hydrogens is 331 g/mol. The molecule has 1 aromatic carbocycles. The number of pyridine rings is 1. The van der Waals surface area contributed by atoms with Crippen LogP contribution in [-0.4, -0.2) is 20.4 Å². The maximum absolute atomic E-state index is 14.1. The van der Waals surface area contributed by atoms with E-state index >= 15 is 0 Å². The Bertz CT molecular complexity index is 985. The lowest BCUT2D eigenvalue weighted by atomic mass is 9.92. The average Bonchev–Trinajstić information content (AvgIpc) is 2.85. The molecule has 0 unspecified atom stereocenters. The number of aryl methyl sites for hydroxylation is 2. The summed E-state index contributed by atoms with van der Waals surface area (Å²) in [6.07, 6.45) is 0.352. The van der Waals surface area contributed by atoms with Crippen LogP contribution in [0, 0.1) is 25.1 Å². The number of imidazole rings is 1. The fourth-order valence-electron chi connectivity index (χ4n) is 2.75. The van der Waals surface area contributed by atoms with Gasteiger partial charge in [0, 0.05) is 12.1 Å². The number of aromatic nitrogens is 3. The van der Waals surface area contributed by atoms with Gasteiger partial charge < -0.3 is 0 Å². The van der Waals surface area contributed by atoms with Crippen molar-refractivity contribution in [3.05, 3.63) is 47.4 Å². The molecule has 0 aliphatic carbocycles. The molecule has 0 aliphatic rings. The van der Waals surface area contributed by atoms with Gasteiger partial charge in [0.05, 0.1) is 5.69 Å². The third-order valence-corrected chi connectivity index (χ3v) is 4.00. The monoisotopic (exact) mass is 354 g/mol. The number of hydrogen-bond donors (Lipinski definition) is 1. The first-order valence-corrected chi connectivity index (χ1v) is 8.56. The zero-order valence-electron chi connectivity index (χ0n) is 15.7. The molecule has 0 bridgehead atoms. The Morgan fingerprint density at radius 2 is 1.88 bits per heavy atom. The SMILES string of the molecule is Cc1ccc2nc(NC(=O)CC(C)(C)C)n(-c3ccc(C)c(F)c3)c2n1. The highest BCUT2D eigenvalue weighted by Crippen LogP contribution is 2.26. The van der Waals surface area contributed by atoms with Gasteiger partial charge in [0.15, 0.2) is 5.65 Å². The number of amides is 1. The summed E-state index contributed by atoms with van der Waals surface area (Å²) in [6.45, 7) is 9.57. The number of hydrogen-bond acceptors (Lipinski definition) is 3. The molecule has 2 aromatic heterocycles. The minimum absolute atomic E-state index is 0.140. The number of nitrogens with zero attached hydrogens (tertiary/aromatic N) is 3. The topological polar surface area (TPSA) is 59.8 Å². The van der Waals surface area contributed by atoms with Crippen molar-refractivity contribution in [1.29, 1.82) is 0 Å². The third-order valence-electron chi connectivity index (χ3n) is 4.00. The van der Waals surface area contributed by atoms with Crippen LogP contribution in [0.3, 0.4) is 0 Å². The maximum Gasteiger partial charge on any atom is 0.227 e. The Morgan fingerprint density at radius 1 is 1.15 bits per heavy atom. The molecule has 0 spiro atoms. The summed E-state index contributed by atoms with van der Waals surface area (Å²) in [5, 5.41) is 2.86. The van der Waals surface area contributed by atoms with Gasteiger partial charge in [-0.15, -0.1) is 0 Å². The van der Waals surface area contributed by atoms with Crippen LogP contribution in [0.1, 0.15) is 38.4 Å². The van der Waals surface area contributed by atoms with E-state index in [0.29, 0.717) is 34.8 Å². The molecule has 3 aromatic rings. The van der Waals surface area contributed by atoms with Gasteiger partial charge >= 0.3 is 0 Å². The lowest BCUT2D eigenvalue weighted by Crippen LogP contribution is -2.21. The van der Waals surface area contributed by atoms with Crippen molar-refractivity contribution >= 4 is 23.0 Å². The van der Waals surface area contributed by atoms with Gasteiger partial charge in [0.1, 0.15) is 11.3 Å². The molecule has 6 heteroatoms. The zero-order chi connectivity index (χ0) is 19.1. The van der Waals surface area contributed by atoms with Crippen molar-refractivity contribution in [1.82, 2.24) is 14.5 Å². The molecule has 0 fully saturated rings. The molecule has 1 amide bonds. The van der Waals surface area contributed by atoms with E-state index < -0.39 is 0 Å². The van der Waals surface area contributed by atoms with Crippen LogP contribution in [0.25, 0.3) is 16.9 Å². The van der Waals surface area contributed by atoms with Crippen molar-refractivity contribution in [3.63, 3.8) is 0 Å². The molecule has 0 aliphatic heterocycles. The van der Waals surface area contributed by atoms with Gasteiger partial charge in [-0.25, -0.2) is 14.4 Å². The fourth-order valence-corrected chi connectivity index (χ4v) is 2.75. The number of rotatable bonds is 3. The second-order valence-electron chi connectivity index (χ2n) is 7.79. The number of carbonyl (C=O) groups excluding carboxylic acids is 1. The van der Waals surface area contributed by atoms with Gasteiger partial charge in [0.2, 0.25) is 11.9 Å². The van der Waals surface area contributed by atoms with Crippen LogP contribution in [0.2, 0.25) is 0 Å². The van der Waals surface area contributed by atoms with Crippen LogP contribution in [0.4, 0.5) is 10.3 Å². The number of fused-ring (bicyclic) bond motifs is 1. The van der Waals surface area contributed by atoms with Crippen LogP contribution >= 0.6 is 0 Å². The molecular formula is C20H23FN4O. The zero-order valence-corrected chi connectivity index (χ0v) is 15.7. The molecule has 5 nitrogen and oxygen atoms in total. The van der Waals surface area contributed by atoms with E-state index in [1.807, 2.05) is 39.8 Å². The Labute approximate surface area is 152 Å². The summed E-state index contributed by atoms with van der Waals surface area (Å²) < 4.78 is 15.8. The summed E-state index contributed by atoms with van der Waals surface area (Å²) >= 11 is 0. The first kappa shape index (κ1) is 18.0. The first-order chi connectivity index (χ1) is 12.1. The molecule has 2 heterocycles. The summed E-state index contributed by atoms with van der Waals surface area (Å²) in [5.41, 5.74) is 3.02. The van der Waals surface area contributed by atoms with Crippen LogP contribution in [0.15, 0.2) is 30.3 Å². The molecule has 0 saturated heterocycles. The van der Waals surface area contributed by atoms with E-state index in [0.717, 1.165) is 5.69 Å². The highest BCUT2D eigenvalue weighted by molar-refractivity contribution is 5.92. The van der Waals surface area contributed by atoms with Gasteiger partial charge in [0.25, 0.3) is 0 Å². The van der Waals surface area contributed by atoms with E-state index in [-0.39, 0.29) is 17.1 Å². The lowest BCUT2D eigenvalue weighted by molar-refractivity contribution is -0.117. The lowest BCUT2D eigenvalue weighted by Gasteiger charge is -2.17. The number of benzene rings is 1. The predicted molar refractivity (Wildman–Crippen MR) is 101 cm³/mol. The number of nitrogens with one attached hydrogen (secondary N) is 1. The van der Waals surface area contributed by atoms with Crippen molar-refractivity contribution in [2.24, 2.45) is 5.41 Å². The maximum atomic E-state index is 14.1. The van der Waals surface area contributed by atoms with Crippen LogP contribution in [-0.2, 0) is 4.79 Å². The van der Waals surface area contributed by atoms with E-state index in [1.165, 1.54) is 6.07 Å². The minimum atomic E-state index is -0.316. The van der Waals surface area contributed by atoms with Crippen molar-refractivity contribution in [2.45, 2.75) is 41.0 Å². The van der Waals surface area contributed by atoms with E-state index in [2.05, 4.69) is 15.3 Å². The average molecular weight is 354 g/mol. The smallest absolute Gasteiger partial charge is 0.227 e. The molecule has 1 N–H and O–H groups in total. The Hall–Kier alpha value is -2.76. The van der Waals surface area contributed by atoms with E-state index in [1.54, 1.807) is 23.6 Å². The second-order valence-corrected chi connectivity index (χ2v) is 7.79. The second kappa shape index (κ2) is 6.52. The molecule has 0 radical (unpaired) electrons.